The van der Waals surface area contributed by atoms with E-state index in [1.807, 2.05) is 13.8 Å². The monoisotopic (exact) mass is 577 g/mol. The summed E-state index contributed by atoms with van der Waals surface area (Å²) in [6, 6.07) is 8.59. The molecule has 1 atom stereocenters. The van der Waals surface area contributed by atoms with E-state index < -0.39 is 33.1 Å². The van der Waals surface area contributed by atoms with Crippen molar-refractivity contribution in [2.45, 2.75) is 48.4 Å². The number of nitriles is 1. The van der Waals surface area contributed by atoms with Crippen LogP contribution in [0.5, 0.6) is 5.88 Å². The lowest BCUT2D eigenvalue weighted by molar-refractivity contribution is -0.137. The molecule has 0 saturated heterocycles. The Morgan fingerprint density at radius 3 is 2.51 bits per heavy atom. The van der Waals surface area contributed by atoms with Crippen LogP contribution in [0.15, 0.2) is 46.0 Å². The average molecular weight is 578 g/mol. The Kier molecular flexibility index (Phi) is 6.36. The van der Waals surface area contributed by atoms with Gasteiger partial charge in [0.2, 0.25) is 11.8 Å². The molecule has 13 heteroatoms. The van der Waals surface area contributed by atoms with E-state index in [1.165, 1.54) is 26.2 Å². The van der Waals surface area contributed by atoms with Crippen molar-refractivity contribution in [1.29, 1.82) is 5.26 Å². The summed E-state index contributed by atoms with van der Waals surface area (Å²) < 4.78 is 75.0. The smallest absolute Gasteiger partial charge is 0.416 e. The first-order chi connectivity index (χ1) is 18.2. The molecule has 206 valence electrons. The number of nitrogens with one attached hydrogen (secondary N) is 1. The predicted molar refractivity (Wildman–Crippen MR) is 139 cm³/mol. The minimum atomic E-state index is -4.72. The summed E-state index contributed by atoms with van der Waals surface area (Å²) in [5.41, 5.74) is 5.46. The second-order valence-corrected chi connectivity index (χ2v) is 13.7. The zero-order chi connectivity index (χ0) is 28.5. The van der Waals surface area contributed by atoms with E-state index in [1.54, 1.807) is 6.07 Å². The lowest BCUT2D eigenvalue weighted by Crippen LogP contribution is -2.41. The third kappa shape index (κ3) is 4.21. The zero-order valence-corrected chi connectivity index (χ0v) is 23.2. The molecule has 2 aliphatic rings. The summed E-state index contributed by atoms with van der Waals surface area (Å²) >= 11 is 0.874. The average Bonchev–Trinajstić information content (AvgIpc) is 3.41. The van der Waals surface area contributed by atoms with Crippen molar-refractivity contribution in [3.63, 3.8) is 0 Å². The highest BCUT2D eigenvalue weighted by molar-refractivity contribution is 7.91. The normalized spacial score (nSPS) is 19.8. The molecule has 0 spiro atoms. The fourth-order valence-corrected chi connectivity index (χ4v) is 7.69. The molecule has 1 saturated carbocycles. The number of benzene rings is 1. The Labute approximate surface area is 227 Å². The van der Waals surface area contributed by atoms with Gasteiger partial charge in [0.1, 0.15) is 15.9 Å². The van der Waals surface area contributed by atoms with Gasteiger partial charge in [-0.2, -0.15) is 18.4 Å². The van der Waals surface area contributed by atoms with Gasteiger partial charge in [-0.25, -0.2) is 12.7 Å². The number of nitrogens with zero attached hydrogens (tertiary/aromatic N) is 3. The molecule has 39 heavy (non-hydrogen) atoms. The minimum Gasteiger partial charge on any atom is -0.420 e. The second kappa shape index (κ2) is 9.11. The van der Waals surface area contributed by atoms with Gasteiger partial charge in [-0.05, 0) is 60.2 Å². The fraction of sp³-hybridized carbons (Fsp3) is 0.385. The summed E-state index contributed by atoms with van der Waals surface area (Å²) in [5, 5.41) is 17.5. The predicted octanol–water partition coefficient (Wildman–Crippen LogP) is 5.31. The molecule has 1 aliphatic carbocycles. The Morgan fingerprint density at radius 1 is 1.26 bits per heavy atom. The number of thiophene rings is 1. The minimum absolute atomic E-state index is 0.000582. The van der Waals surface area contributed by atoms with Crippen molar-refractivity contribution in [1.82, 2.24) is 14.5 Å². The second-order valence-electron chi connectivity index (χ2n) is 10.2. The maximum atomic E-state index is 14.3. The number of hydrogen-bond donors (Lipinski definition) is 2. The summed E-state index contributed by atoms with van der Waals surface area (Å²) in [7, 11) is -1.02. The molecule has 5 rings (SSSR count). The molecule has 3 N–H and O–H groups in total. The van der Waals surface area contributed by atoms with E-state index in [2.05, 4.69) is 16.3 Å². The van der Waals surface area contributed by atoms with Gasteiger partial charge in [0.05, 0.1) is 16.5 Å². The Hall–Kier alpha value is -3.34. The van der Waals surface area contributed by atoms with Gasteiger partial charge >= 0.3 is 6.18 Å². The molecular weight excluding hydrogens is 551 g/mol. The third-order valence-corrected chi connectivity index (χ3v) is 10.7. The first kappa shape index (κ1) is 27.2. The van der Waals surface area contributed by atoms with E-state index >= 15 is 0 Å². The summed E-state index contributed by atoms with van der Waals surface area (Å²) in [4.78, 5) is 0.332. The molecule has 8 nitrogen and oxygen atoms in total. The van der Waals surface area contributed by atoms with Crippen LogP contribution in [-0.4, -0.2) is 37.0 Å². The van der Waals surface area contributed by atoms with Crippen molar-refractivity contribution >= 4 is 21.4 Å². The number of ether oxygens (including phenoxy) is 1. The molecule has 3 aromatic rings. The van der Waals surface area contributed by atoms with Crippen LogP contribution in [-0.2, 0) is 21.6 Å². The highest BCUT2D eigenvalue weighted by Crippen LogP contribution is 2.57. The number of halogens is 3. The molecule has 0 amide bonds. The Morgan fingerprint density at radius 2 is 1.95 bits per heavy atom. The van der Waals surface area contributed by atoms with Crippen LogP contribution in [0.4, 0.5) is 13.2 Å². The number of aromatic nitrogens is 2. The lowest BCUT2D eigenvalue weighted by atomic mass is 9.61. The van der Waals surface area contributed by atoms with Crippen LogP contribution in [0.1, 0.15) is 55.0 Å². The Balaban J connectivity index is 1.83. The first-order valence-electron chi connectivity index (χ1n) is 12.1. The van der Waals surface area contributed by atoms with Crippen LogP contribution in [0.25, 0.3) is 10.4 Å². The summed E-state index contributed by atoms with van der Waals surface area (Å²) in [6.45, 7) is 3.63. The molecule has 0 bridgehead atoms. The molecular formula is C26H26F3N5O3S2. The number of aromatic amines is 1. The van der Waals surface area contributed by atoms with Crippen LogP contribution in [0, 0.1) is 17.2 Å². The molecule has 1 aliphatic heterocycles. The van der Waals surface area contributed by atoms with Crippen LogP contribution in [0.3, 0.4) is 0 Å². The quantitative estimate of drug-likeness (QED) is 0.409. The van der Waals surface area contributed by atoms with Gasteiger partial charge < -0.3 is 10.5 Å². The van der Waals surface area contributed by atoms with Gasteiger partial charge in [-0.3, -0.25) is 5.10 Å². The fourth-order valence-electron chi connectivity index (χ4n) is 5.23. The van der Waals surface area contributed by atoms with E-state index in [4.69, 9.17) is 10.5 Å². The highest BCUT2D eigenvalue weighted by Gasteiger charge is 2.53. The van der Waals surface area contributed by atoms with E-state index in [9.17, 15) is 26.9 Å². The molecule has 2 aromatic heterocycles. The number of hydrogen-bond acceptors (Lipinski definition) is 7. The van der Waals surface area contributed by atoms with Crippen molar-refractivity contribution in [2.24, 2.45) is 11.7 Å². The highest BCUT2D eigenvalue weighted by atomic mass is 32.2. The SMILES string of the molecule is CC(C)C1(c2cc(-c3ccc(S(=O)(=O)N(C)C)s3)cc(C(F)(F)F)c2)C(C#N)=C(N)Oc2n[nH]c(C3CC3)c21. The number of allylic oxidation sites excluding steroid dienone is 1. The van der Waals surface area contributed by atoms with E-state index in [0.29, 0.717) is 16.1 Å². The van der Waals surface area contributed by atoms with E-state index in [0.717, 1.165) is 40.6 Å². The number of nitrogens with two attached hydrogens (primary N) is 1. The molecule has 1 unspecified atom stereocenters. The lowest BCUT2D eigenvalue weighted by Gasteiger charge is -2.41. The van der Waals surface area contributed by atoms with Crippen LogP contribution < -0.4 is 10.5 Å². The number of rotatable bonds is 6. The Bertz CT molecular complexity index is 1640. The largest absolute Gasteiger partial charge is 0.420 e. The molecule has 1 fully saturated rings. The number of H-pyrrole nitrogens is 1. The van der Waals surface area contributed by atoms with Crippen LogP contribution in [0.2, 0.25) is 0 Å². The van der Waals surface area contributed by atoms with Gasteiger partial charge in [-0.15, -0.1) is 16.4 Å². The van der Waals surface area contributed by atoms with Crippen molar-refractivity contribution in [2.75, 3.05) is 14.1 Å². The van der Waals surface area contributed by atoms with Gasteiger partial charge in [0, 0.05) is 30.6 Å². The summed E-state index contributed by atoms with van der Waals surface area (Å²) in [5.74, 6) is -0.407. The summed E-state index contributed by atoms with van der Waals surface area (Å²) in [6.07, 6.45) is -2.98. The number of alkyl halides is 3. The van der Waals surface area contributed by atoms with Gasteiger partial charge in [0.15, 0.2) is 0 Å². The van der Waals surface area contributed by atoms with Crippen LogP contribution >= 0.6 is 11.3 Å². The van der Waals surface area contributed by atoms with Crippen molar-refractivity contribution in [3.05, 3.63) is 64.2 Å². The first-order valence-corrected chi connectivity index (χ1v) is 14.4. The van der Waals surface area contributed by atoms with Gasteiger partial charge in [0.25, 0.3) is 10.0 Å². The third-order valence-electron chi connectivity index (χ3n) is 7.28. The number of fused-ring (bicyclic) bond motifs is 1. The zero-order valence-electron chi connectivity index (χ0n) is 21.5. The van der Waals surface area contributed by atoms with Crippen molar-refractivity contribution in [3.8, 4) is 22.4 Å². The van der Waals surface area contributed by atoms with Crippen molar-refractivity contribution < 1.29 is 26.3 Å². The maximum Gasteiger partial charge on any atom is 0.416 e. The molecule has 3 heterocycles. The molecule has 0 radical (unpaired) electrons. The number of sulfonamides is 1. The molecule has 1 aromatic carbocycles. The standard InChI is InChI=1S/C26H26F3N5O3S2/c1-13(2)25(18(12-30)23(31)37-24-21(25)22(32-33-24)14-5-6-14)16-9-15(10-17(11-16)26(27,28)29)19-7-8-20(38-19)39(35,36)34(3)4/h7-11,13-14H,5-6,31H2,1-4H3,(H,32,33). The topological polar surface area (TPSA) is 125 Å². The maximum absolute atomic E-state index is 14.3. The van der Waals surface area contributed by atoms with E-state index in [-0.39, 0.29) is 38.6 Å². The van der Waals surface area contributed by atoms with Gasteiger partial charge in [-0.1, -0.05) is 13.8 Å².